The van der Waals surface area contributed by atoms with Crippen LogP contribution in [0.15, 0.2) is 0 Å². The molecule has 0 saturated carbocycles. The van der Waals surface area contributed by atoms with Crippen LogP contribution >= 0.6 is 0 Å². The molecule has 1 heterocycles. The lowest BCUT2D eigenvalue weighted by Gasteiger charge is -2.33. The van der Waals surface area contributed by atoms with E-state index in [0.29, 0.717) is 6.42 Å². The Kier molecular flexibility index (Phi) is 4.90. The van der Waals surface area contributed by atoms with E-state index in [4.69, 9.17) is 5.73 Å². The molecule has 0 aromatic heterocycles. The Morgan fingerprint density at radius 1 is 1.57 bits per heavy atom. The van der Waals surface area contributed by atoms with E-state index in [-0.39, 0.29) is 12.1 Å². The highest BCUT2D eigenvalue weighted by molar-refractivity contribution is 5.76. The minimum Gasteiger partial charge on any atom is -0.325 e. The summed E-state index contributed by atoms with van der Waals surface area (Å²) < 4.78 is 0. The van der Waals surface area contributed by atoms with Crippen molar-refractivity contribution in [2.75, 3.05) is 19.6 Å². The topological polar surface area (TPSA) is 58.4 Å². The van der Waals surface area contributed by atoms with Gasteiger partial charge in [0.25, 0.3) is 0 Å². The van der Waals surface area contributed by atoms with E-state index in [1.165, 1.54) is 0 Å². The quantitative estimate of drug-likeness (QED) is 0.640. The molecule has 1 amide bonds. The Morgan fingerprint density at radius 3 is 3.00 bits per heavy atom. The summed E-state index contributed by atoms with van der Waals surface area (Å²) in [4.78, 5) is 13.5. The standard InChI is InChI=1S/C10H21N3O/c1-2-3-4-5-10(14)13-7-6-12-8-9(13)11/h9,12H,2-8,11H2,1H3. The monoisotopic (exact) mass is 199 g/mol. The van der Waals surface area contributed by atoms with Gasteiger partial charge in [-0.05, 0) is 6.42 Å². The van der Waals surface area contributed by atoms with Crippen molar-refractivity contribution in [1.29, 1.82) is 0 Å². The van der Waals surface area contributed by atoms with Crippen LogP contribution in [0, 0.1) is 0 Å². The van der Waals surface area contributed by atoms with Crippen LogP contribution in [0.5, 0.6) is 0 Å². The highest BCUT2D eigenvalue weighted by atomic mass is 16.2. The maximum absolute atomic E-state index is 11.7. The maximum atomic E-state index is 11.7. The van der Waals surface area contributed by atoms with Crippen LogP contribution in [0.1, 0.15) is 32.6 Å². The van der Waals surface area contributed by atoms with Gasteiger partial charge in [0.15, 0.2) is 0 Å². The summed E-state index contributed by atoms with van der Waals surface area (Å²) in [6, 6.07) is 0. The van der Waals surface area contributed by atoms with E-state index in [1.54, 1.807) is 4.90 Å². The lowest BCUT2D eigenvalue weighted by Crippen LogP contribution is -2.57. The van der Waals surface area contributed by atoms with Crippen molar-refractivity contribution < 1.29 is 4.79 Å². The van der Waals surface area contributed by atoms with Crippen molar-refractivity contribution in [3.63, 3.8) is 0 Å². The molecule has 0 aliphatic carbocycles. The molecule has 1 rings (SSSR count). The molecule has 4 heteroatoms. The van der Waals surface area contributed by atoms with Gasteiger partial charge < -0.3 is 16.0 Å². The largest absolute Gasteiger partial charge is 0.325 e. The number of piperazine rings is 1. The minimum atomic E-state index is -0.127. The first kappa shape index (κ1) is 11.5. The molecule has 1 aliphatic heterocycles. The van der Waals surface area contributed by atoms with E-state index < -0.39 is 0 Å². The second-order valence-corrected chi connectivity index (χ2v) is 3.82. The number of nitrogens with one attached hydrogen (secondary N) is 1. The van der Waals surface area contributed by atoms with Crippen molar-refractivity contribution in [2.24, 2.45) is 5.73 Å². The van der Waals surface area contributed by atoms with Crippen LogP contribution in [0.2, 0.25) is 0 Å². The molecule has 0 bridgehead atoms. The van der Waals surface area contributed by atoms with Crippen LogP contribution in [-0.4, -0.2) is 36.6 Å². The number of nitrogens with zero attached hydrogens (tertiary/aromatic N) is 1. The zero-order chi connectivity index (χ0) is 10.4. The average molecular weight is 199 g/mol. The molecule has 82 valence electrons. The predicted molar refractivity (Wildman–Crippen MR) is 56.7 cm³/mol. The molecule has 0 aromatic rings. The molecule has 0 aromatic carbocycles. The van der Waals surface area contributed by atoms with E-state index >= 15 is 0 Å². The van der Waals surface area contributed by atoms with Crippen molar-refractivity contribution in [2.45, 2.75) is 38.8 Å². The third-order valence-corrected chi connectivity index (χ3v) is 2.60. The van der Waals surface area contributed by atoms with Crippen LogP contribution in [0.25, 0.3) is 0 Å². The zero-order valence-electron chi connectivity index (χ0n) is 8.96. The van der Waals surface area contributed by atoms with Gasteiger partial charge >= 0.3 is 0 Å². The number of carbonyl (C=O) groups is 1. The number of hydrogen-bond donors (Lipinski definition) is 2. The first-order chi connectivity index (χ1) is 6.75. The van der Waals surface area contributed by atoms with E-state index in [9.17, 15) is 4.79 Å². The zero-order valence-corrected chi connectivity index (χ0v) is 8.96. The first-order valence-corrected chi connectivity index (χ1v) is 5.51. The maximum Gasteiger partial charge on any atom is 0.223 e. The smallest absolute Gasteiger partial charge is 0.223 e. The average Bonchev–Trinajstić information content (AvgIpc) is 2.18. The summed E-state index contributed by atoms with van der Waals surface area (Å²) in [5.41, 5.74) is 5.83. The van der Waals surface area contributed by atoms with E-state index in [1.807, 2.05) is 0 Å². The summed E-state index contributed by atoms with van der Waals surface area (Å²) in [7, 11) is 0. The van der Waals surface area contributed by atoms with E-state index in [0.717, 1.165) is 38.9 Å². The Balaban J connectivity index is 2.27. The normalized spacial score (nSPS) is 22.4. The lowest BCUT2D eigenvalue weighted by atomic mass is 10.2. The molecule has 1 saturated heterocycles. The van der Waals surface area contributed by atoms with Crippen LogP contribution in [0.4, 0.5) is 0 Å². The minimum absolute atomic E-state index is 0.127. The number of hydrogen-bond acceptors (Lipinski definition) is 3. The summed E-state index contributed by atoms with van der Waals surface area (Å²) in [6.45, 7) is 4.49. The molecule has 4 nitrogen and oxygen atoms in total. The molecule has 0 radical (unpaired) electrons. The van der Waals surface area contributed by atoms with Gasteiger partial charge in [-0.15, -0.1) is 0 Å². The number of nitrogens with two attached hydrogens (primary N) is 1. The Labute approximate surface area is 85.8 Å². The highest BCUT2D eigenvalue weighted by Gasteiger charge is 2.22. The van der Waals surface area contributed by atoms with Gasteiger partial charge in [0.1, 0.15) is 0 Å². The molecule has 1 atom stereocenters. The van der Waals surface area contributed by atoms with Gasteiger partial charge in [-0.25, -0.2) is 0 Å². The third kappa shape index (κ3) is 3.27. The van der Waals surface area contributed by atoms with Gasteiger partial charge in [0.05, 0.1) is 6.17 Å². The van der Waals surface area contributed by atoms with Crippen LogP contribution in [0.3, 0.4) is 0 Å². The van der Waals surface area contributed by atoms with Crippen molar-refractivity contribution in [3.8, 4) is 0 Å². The molecule has 3 N–H and O–H groups in total. The van der Waals surface area contributed by atoms with E-state index in [2.05, 4.69) is 12.2 Å². The SMILES string of the molecule is CCCCCC(=O)N1CCNCC1N. The fourth-order valence-corrected chi connectivity index (χ4v) is 1.70. The van der Waals surface area contributed by atoms with Gasteiger partial charge in [-0.1, -0.05) is 19.8 Å². The molecule has 1 aliphatic rings. The number of amides is 1. The molecule has 0 spiro atoms. The lowest BCUT2D eigenvalue weighted by molar-refractivity contribution is -0.134. The number of unbranched alkanes of at least 4 members (excludes halogenated alkanes) is 2. The van der Waals surface area contributed by atoms with Crippen LogP contribution < -0.4 is 11.1 Å². The van der Waals surface area contributed by atoms with Crippen molar-refractivity contribution in [1.82, 2.24) is 10.2 Å². The fraction of sp³-hybridized carbons (Fsp3) is 0.900. The predicted octanol–water partition coefficient (Wildman–Crippen LogP) is 0.283. The Morgan fingerprint density at radius 2 is 2.36 bits per heavy atom. The van der Waals surface area contributed by atoms with Gasteiger partial charge in [-0.2, -0.15) is 0 Å². The molecular weight excluding hydrogens is 178 g/mol. The van der Waals surface area contributed by atoms with Crippen molar-refractivity contribution >= 4 is 5.91 Å². The van der Waals surface area contributed by atoms with Crippen LogP contribution in [-0.2, 0) is 4.79 Å². The van der Waals surface area contributed by atoms with Crippen molar-refractivity contribution in [3.05, 3.63) is 0 Å². The highest BCUT2D eigenvalue weighted by Crippen LogP contribution is 2.06. The van der Waals surface area contributed by atoms with Gasteiger partial charge in [0, 0.05) is 26.1 Å². The summed E-state index contributed by atoms with van der Waals surface area (Å²) >= 11 is 0. The number of rotatable bonds is 4. The first-order valence-electron chi connectivity index (χ1n) is 5.51. The summed E-state index contributed by atoms with van der Waals surface area (Å²) in [5.74, 6) is 0.215. The fourth-order valence-electron chi connectivity index (χ4n) is 1.70. The molecule has 14 heavy (non-hydrogen) atoms. The number of carbonyl (C=O) groups excluding carboxylic acids is 1. The summed E-state index contributed by atoms with van der Waals surface area (Å²) in [6.07, 6.45) is 3.81. The Bertz CT molecular complexity index is 184. The Hall–Kier alpha value is -0.610. The molecule has 1 fully saturated rings. The molecule has 1 unspecified atom stereocenters. The molecular formula is C10H21N3O. The second kappa shape index (κ2) is 5.98. The third-order valence-electron chi connectivity index (χ3n) is 2.60. The summed E-state index contributed by atoms with van der Waals surface area (Å²) in [5, 5.41) is 3.17. The van der Waals surface area contributed by atoms with Gasteiger partial charge in [-0.3, -0.25) is 4.79 Å². The van der Waals surface area contributed by atoms with Gasteiger partial charge in [0.2, 0.25) is 5.91 Å². The second-order valence-electron chi connectivity index (χ2n) is 3.82.